The molecule has 0 spiro atoms. The molecule has 0 saturated heterocycles. The van der Waals surface area contributed by atoms with E-state index in [1.807, 2.05) is 0 Å². The maximum Gasteiger partial charge on any atom is 0.255 e. The Morgan fingerprint density at radius 1 is 1.38 bits per heavy atom. The third kappa shape index (κ3) is 3.46. The normalized spacial score (nSPS) is 14.3. The maximum absolute atomic E-state index is 13.6. The number of aromatic amines is 1. The summed E-state index contributed by atoms with van der Waals surface area (Å²) in [6, 6.07) is 3.34. The Bertz CT molecular complexity index is 837. The van der Waals surface area contributed by atoms with E-state index >= 15 is 0 Å². The predicted molar refractivity (Wildman–Crippen MR) is 90.2 cm³/mol. The zero-order chi connectivity index (χ0) is 17.3. The maximum atomic E-state index is 13.6. The molecule has 1 unspecified atom stereocenters. The minimum Gasteiger partial charge on any atom is -0.320 e. The van der Waals surface area contributed by atoms with Gasteiger partial charge in [-0.15, -0.1) is 0 Å². The van der Waals surface area contributed by atoms with E-state index < -0.39 is 28.5 Å². The number of hydrogen-bond acceptors (Lipinski definition) is 5. The van der Waals surface area contributed by atoms with Crippen LogP contribution in [0.3, 0.4) is 0 Å². The monoisotopic (exact) mass is 369 g/mol. The number of carbonyl (C=O) groups is 1. The van der Waals surface area contributed by atoms with E-state index in [0.29, 0.717) is 22.2 Å². The summed E-state index contributed by atoms with van der Waals surface area (Å²) in [7, 11) is 0. The summed E-state index contributed by atoms with van der Waals surface area (Å²) < 4.78 is 27.2. The number of thioether (sulfide) groups is 2. The number of carbonyl (C=O) groups excluding carboxylic acids is 1. The smallest absolute Gasteiger partial charge is 0.255 e. The second kappa shape index (κ2) is 6.94. The zero-order valence-corrected chi connectivity index (χ0v) is 14.2. The molecule has 1 aliphatic heterocycles. The van der Waals surface area contributed by atoms with Gasteiger partial charge in [0.05, 0.1) is 10.9 Å². The minimum atomic E-state index is -0.846. The molecule has 1 atom stereocenters. The van der Waals surface area contributed by atoms with Gasteiger partial charge in [0.15, 0.2) is 5.16 Å². The molecule has 3 rings (SSSR count). The van der Waals surface area contributed by atoms with E-state index in [4.69, 9.17) is 0 Å². The standard InChI is InChI=1S/C15H13F2N3O2S2/c1-7(13(21)19-12-9(16)3-2-4-10(12)17)24-15-18-11-6-23-5-8(11)14(22)20-15/h2-4,7H,5-6H2,1H3,(H,19,21)(H,18,20,22). The van der Waals surface area contributed by atoms with Gasteiger partial charge < -0.3 is 10.3 Å². The zero-order valence-electron chi connectivity index (χ0n) is 12.6. The van der Waals surface area contributed by atoms with Gasteiger partial charge >= 0.3 is 0 Å². The fourth-order valence-electron chi connectivity index (χ4n) is 2.16. The number of fused-ring (bicyclic) bond motifs is 1. The topological polar surface area (TPSA) is 74.8 Å². The van der Waals surface area contributed by atoms with Crippen LogP contribution in [0.15, 0.2) is 28.2 Å². The molecule has 5 nitrogen and oxygen atoms in total. The van der Waals surface area contributed by atoms with Crippen molar-refractivity contribution in [3.8, 4) is 0 Å². The molecular weight excluding hydrogens is 356 g/mol. The largest absolute Gasteiger partial charge is 0.320 e. The lowest BCUT2D eigenvalue weighted by Crippen LogP contribution is -2.24. The van der Waals surface area contributed by atoms with Crippen molar-refractivity contribution in [3.63, 3.8) is 0 Å². The first kappa shape index (κ1) is 17.0. The van der Waals surface area contributed by atoms with Crippen molar-refractivity contribution in [2.45, 2.75) is 28.8 Å². The van der Waals surface area contributed by atoms with Gasteiger partial charge in [-0.2, -0.15) is 11.8 Å². The molecule has 2 heterocycles. The second-order valence-electron chi connectivity index (χ2n) is 5.14. The number of benzene rings is 1. The first-order valence-corrected chi connectivity index (χ1v) is 9.10. The molecule has 0 saturated carbocycles. The number of anilines is 1. The van der Waals surface area contributed by atoms with Crippen LogP contribution in [0.4, 0.5) is 14.5 Å². The van der Waals surface area contributed by atoms with Gasteiger partial charge in [-0.3, -0.25) is 9.59 Å². The van der Waals surface area contributed by atoms with Gasteiger partial charge in [-0.25, -0.2) is 13.8 Å². The van der Waals surface area contributed by atoms with Gasteiger partial charge in [-0.05, 0) is 19.1 Å². The predicted octanol–water partition coefficient (Wildman–Crippen LogP) is 2.91. The fraction of sp³-hybridized carbons (Fsp3) is 0.267. The molecule has 1 aliphatic rings. The van der Waals surface area contributed by atoms with Crippen molar-refractivity contribution in [3.05, 3.63) is 51.4 Å². The van der Waals surface area contributed by atoms with Crippen molar-refractivity contribution in [1.82, 2.24) is 9.97 Å². The van der Waals surface area contributed by atoms with Gasteiger partial charge in [0.25, 0.3) is 5.56 Å². The van der Waals surface area contributed by atoms with Gasteiger partial charge in [0, 0.05) is 17.1 Å². The number of halogens is 2. The van der Waals surface area contributed by atoms with Crippen molar-refractivity contribution < 1.29 is 13.6 Å². The SMILES string of the molecule is CC(Sc1nc2c(c(=O)[nH]1)CSC2)C(=O)Nc1c(F)cccc1F. The molecule has 1 amide bonds. The Labute approximate surface area is 144 Å². The van der Waals surface area contributed by atoms with Crippen LogP contribution in [0.5, 0.6) is 0 Å². The molecule has 2 aromatic rings. The van der Waals surface area contributed by atoms with Crippen LogP contribution >= 0.6 is 23.5 Å². The molecule has 1 aromatic heterocycles. The number of amides is 1. The van der Waals surface area contributed by atoms with E-state index in [2.05, 4.69) is 15.3 Å². The minimum absolute atomic E-state index is 0.208. The molecule has 126 valence electrons. The number of hydrogen-bond donors (Lipinski definition) is 2. The lowest BCUT2D eigenvalue weighted by molar-refractivity contribution is -0.115. The van der Waals surface area contributed by atoms with E-state index in [9.17, 15) is 18.4 Å². The van der Waals surface area contributed by atoms with E-state index in [-0.39, 0.29) is 5.56 Å². The highest BCUT2D eigenvalue weighted by Gasteiger charge is 2.22. The van der Waals surface area contributed by atoms with Crippen LogP contribution in [0.2, 0.25) is 0 Å². The number of aromatic nitrogens is 2. The van der Waals surface area contributed by atoms with Crippen LogP contribution in [0.25, 0.3) is 0 Å². The van der Waals surface area contributed by atoms with Crippen molar-refractivity contribution >= 4 is 35.1 Å². The lowest BCUT2D eigenvalue weighted by atomic mass is 10.3. The Hall–Kier alpha value is -1.87. The van der Waals surface area contributed by atoms with E-state index in [1.54, 1.807) is 18.7 Å². The number of nitrogens with zero attached hydrogens (tertiary/aromatic N) is 1. The van der Waals surface area contributed by atoms with Crippen LogP contribution < -0.4 is 10.9 Å². The number of H-pyrrole nitrogens is 1. The highest BCUT2D eigenvalue weighted by molar-refractivity contribution is 8.00. The summed E-state index contributed by atoms with van der Waals surface area (Å²) in [6.45, 7) is 1.57. The van der Waals surface area contributed by atoms with Gasteiger partial charge in [0.2, 0.25) is 5.91 Å². The molecule has 0 bridgehead atoms. The molecule has 0 fully saturated rings. The quantitative estimate of drug-likeness (QED) is 0.640. The Morgan fingerprint density at radius 2 is 2.08 bits per heavy atom. The average molecular weight is 369 g/mol. The van der Waals surface area contributed by atoms with Crippen molar-refractivity contribution in [1.29, 1.82) is 0 Å². The molecule has 2 N–H and O–H groups in total. The van der Waals surface area contributed by atoms with Crippen LogP contribution in [0.1, 0.15) is 18.2 Å². The third-order valence-electron chi connectivity index (χ3n) is 3.43. The average Bonchev–Trinajstić information content (AvgIpc) is 3.00. The summed E-state index contributed by atoms with van der Waals surface area (Å²) in [4.78, 5) is 31.1. The fourth-order valence-corrected chi connectivity index (χ4v) is 4.01. The Kier molecular flexibility index (Phi) is 4.91. The summed E-state index contributed by atoms with van der Waals surface area (Å²) >= 11 is 2.63. The van der Waals surface area contributed by atoms with Crippen molar-refractivity contribution in [2.24, 2.45) is 0 Å². The van der Waals surface area contributed by atoms with Crippen LogP contribution in [-0.2, 0) is 16.3 Å². The van der Waals surface area contributed by atoms with Gasteiger partial charge in [-0.1, -0.05) is 17.8 Å². The highest BCUT2D eigenvalue weighted by Crippen LogP contribution is 2.28. The van der Waals surface area contributed by atoms with E-state index in [0.717, 1.165) is 29.6 Å². The molecule has 9 heteroatoms. The third-order valence-corrected chi connectivity index (χ3v) is 5.39. The Balaban J connectivity index is 1.73. The molecular formula is C15H13F2N3O2S2. The summed E-state index contributed by atoms with van der Waals surface area (Å²) in [5, 5.41) is 1.85. The Morgan fingerprint density at radius 3 is 2.79 bits per heavy atom. The summed E-state index contributed by atoms with van der Waals surface area (Å²) in [6.07, 6.45) is 0. The molecule has 0 radical (unpaired) electrons. The molecule has 24 heavy (non-hydrogen) atoms. The summed E-state index contributed by atoms with van der Waals surface area (Å²) in [5.41, 5.74) is 0.691. The number of para-hydroxylation sites is 1. The molecule has 0 aliphatic carbocycles. The van der Waals surface area contributed by atoms with Crippen molar-refractivity contribution in [2.75, 3.05) is 5.32 Å². The lowest BCUT2D eigenvalue weighted by Gasteiger charge is -2.12. The van der Waals surface area contributed by atoms with E-state index in [1.165, 1.54) is 6.07 Å². The summed E-state index contributed by atoms with van der Waals surface area (Å²) in [5.74, 6) is -0.983. The van der Waals surface area contributed by atoms with Gasteiger partial charge in [0.1, 0.15) is 17.3 Å². The van der Waals surface area contributed by atoms with Crippen LogP contribution in [-0.4, -0.2) is 21.1 Å². The molecule has 1 aromatic carbocycles. The first-order valence-electron chi connectivity index (χ1n) is 7.07. The first-order chi connectivity index (χ1) is 11.5. The second-order valence-corrected chi connectivity index (χ2v) is 7.45. The highest BCUT2D eigenvalue weighted by atomic mass is 32.2. The van der Waals surface area contributed by atoms with Crippen LogP contribution in [0, 0.1) is 11.6 Å². The number of nitrogens with one attached hydrogen (secondary N) is 2. The number of rotatable bonds is 4.